The Morgan fingerprint density at radius 1 is 1.08 bits per heavy atom. The largest absolute Gasteiger partial charge is 0.268 e. The normalized spacial score (nSPS) is 26.8. The van der Waals surface area contributed by atoms with Gasteiger partial charge in [-0.1, -0.05) is 20.8 Å². The zero-order valence-corrected chi connectivity index (χ0v) is 9.73. The van der Waals surface area contributed by atoms with Crippen molar-refractivity contribution >= 4 is 0 Å². The summed E-state index contributed by atoms with van der Waals surface area (Å²) in [5.74, 6) is 0. The maximum Gasteiger partial charge on any atom is 0.0793 e. The summed E-state index contributed by atoms with van der Waals surface area (Å²) >= 11 is 0. The van der Waals surface area contributed by atoms with Crippen molar-refractivity contribution in [3.8, 4) is 0 Å². The lowest BCUT2D eigenvalue weighted by atomic mass is 9.89. The molecule has 1 fully saturated rings. The van der Waals surface area contributed by atoms with Gasteiger partial charge in [0.05, 0.1) is 12.8 Å². The zero-order valence-electron chi connectivity index (χ0n) is 9.73. The molecule has 1 saturated heterocycles. The standard InChI is InChI=1S/C10H23N3/c1-9(2,3)8-12-11-7-13(8)10(4,5)6/h8,11-12H,7H2,1-6H3. The molecule has 2 N–H and O–H groups in total. The van der Waals surface area contributed by atoms with Crippen molar-refractivity contribution in [2.75, 3.05) is 6.67 Å². The third kappa shape index (κ3) is 2.42. The molecule has 0 aromatic rings. The Hall–Kier alpha value is -0.120. The number of hydrogen-bond donors (Lipinski definition) is 2. The third-order valence-corrected chi connectivity index (χ3v) is 2.48. The van der Waals surface area contributed by atoms with Crippen LogP contribution in [0, 0.1) is 5.41 Å². The van der Waals surface area contributed by atoms with Gasteiger partial charge >= 0.3 is 0 Å². The summed E-state index contributed by atoms with van der Waals surface area (Å²) in [6, 6.07) is 0. The predicted molar refractivity (Wildman–Crippen MR) is 56.0 cm³/mol. The van der Waals surface area contributed by atoms with Gasteiger partial charge in [0.1, 0.15) is 0 Å². The van der Waals surface area contributed by atoms with Gasteiger partial charge in [-0.2, -0.15) is 0 Å². The molecule has 0 aromatic heterocycles. The summed E-state index contributed by atoms with van der Waals surface area (Å²) in [4.78, 5) is 2.45. The van der Waals surface area contributed by atoms with E-state index in [1.165, 1.54) is 0 Å². The first kappa shape index (κ1) is 11.0. The summed E-state index contributed by atoms with van der Waals surface area (Å²) in [5.41, 5.74) is 7.02. The highest BCUT2D eigenvalue weighted by Gasteiger charge is 2.39. The molecule has 78 valence electrons. The van der Waals surface area contributed by atoms with Crippen molar-refractivity contribution in [1.82, 2.24) is 15.8 Å². The second-order valence-electron chi connectivity index (χ2n) is 5.89. The van der Waals surface area contributed by atoms with Crippen LogP contribution in [0.1, 0.15) is 41.5 Å². The van der Waals surface area contributed by atoms with E-state index in [9.17, 15) is 0 Å². The quantitative estimate of drug-likeness (QED) is 0.599. The van der Waals surface area contributed by atoms with Crippen molar-refractivity contribution in [1.29, 1.82) is 0 Å². The molecule has 1 heterocycles. The Balaban J connectivity index is 2.76. The summed E-state index contributed by atoms with van der Waals surface area (Å²) in [5, 5.41) is 0. The SMILES string of the molecule is CC(C)(C)C1NNCN1C(C)(C)C. The maximum atomic E-state index is 3.33. The Kier molecular flexibility index (Phi) is 2.72. The van der Waals surface area contributed by atoms with E-state index in [-0.39, 0.29) is 11.0 Å². The molecule has 1 rings (SSSR count). The first-order valence-electron chi connectivity index (χ1n) is 4.98. The van der Waals surface area contributed by atoms with Gasteiger partial charge in [0, 0.05) is 5.54 Å². The zero-order chi connectivity index (χ0) is 10.3. The number of hydrazine groups is 1. The van der Waals surface area contributed by atoms with Gasteiger partial charge in [0.25, 0.3) is 0 Å². The fourth-order valence-electron chi connectivity index (χ4n) is 1.71. The molecule has 0 amide bonds. The Morgan fingerprint density at radius 3 is 1.92 bits per heavy atom. The van der Waals surface area contributed by atoms with Gasteiger partial charge in [0.15, 0.2) is 0 Å². The van der Waals surface area contributed by atoms with E-state index in [0.717, 1.165) is 6.67 Å². The smallest absolute Gasteiger partial charge is 0.0793 e. The van der Waals surface area contributed by atoms with Crippen LogP contribution in [0.4, 0.5) is 0 Å². The van der Waals surface area contributed by atoms with Crippen molar-refractivity contribution in [3.63, 3.8) is 0 Å². The average Bonchev–Trinajstić information content (AvgIpc) is 2.27. The summed E-state index contributed by atoms with van der Waals surface area (Å²) < 4.78 is 0. The minimum absolute atomic E-state index is 0.217. The van der Waals surface area contributed by atoms with E-state index in [4.69, 9.17) is 0 Å². The fraction of sp³-hybridized carbons (Fsp3) is 1.00. The fourth-order valence-corrected chi connectivity index (χ4v) is 1.71. The van der Waals surface area contributed by atoms with Crippen LogP contribution < -0.4 is 10.9 Å². The van der Waals surface area contributed by atoms with E-state index >= 15 is 0 Å². The van der Waals surface area contributed by atoms with Crippen LogP contribution in [0.2, 0.25) is 0 Å². The lowest BCUT2D eigenvalue weighted by Gasteiger charge is -2.41. The van der Waals surface area contributed by atoms with Gasteiger partial charge in [-0.3, -0.25) is 4.90 Å². The highest BCUT2D eigenvalue weighted by molar-refractivity contribution is 4.90. The summed E-state index contributed by atoms with van der Waals surface area (Å²) in [7, 11) is 0. The molecule has 3 nitrogen and oxygen atoms in total. The van der Waals surface area contributed by atoms with E-state index in [1.54, 1.807) is 0 Å². The molecule has 0 aromatic carbocycles. The molecule has 13 heavy (non-hydrogen) atoms. The predicted octanol–water partition coefficient (Wildman–Crippen LogP) is 1.52. The number of nitrogens with zero attached hydrogens (tertiary/aromatic N) is 1. The van der Waals surface area contributed by atoms with Crippen molar-refractivity contribution in [3.05, 3.63) is 0 Å². The summed E-state index contributed by atoms with van der Waals surface area (Å²) in [6.07, 6.45) is 0.410. The number of rotatable bonds is 0. The minimum Gasteiger partial charge on any atom is -0.268 e. The van der Waals surface area contributed by atoms with Crippen LogP contribution in [-0.4, -0.2) is 23.3 Å². The first-order valence-corrected chi connectivity index (χ1v) is 4.98. The molecular weight excluding hydrogens is 162 g/mol. The van der Waals surface area contributed by atoms with Gasteiger partial charge in [-0.05, 0) is 26.2 Å². The monoisotopic (exact) mass is 185 g/mol. The average molecular weight is 185 g/mol. The van der Waals surface area contributed by atoms with Gasteiger partial charge in [0.2, 0.25) is 0 Å². The van der Waals surface area contributed by atoms with Crippen LogP contribution in [0.3, 0.4) is 0 Å². The van der Waals surface area contributed by atoms with E-state index in [2.05, 4.69) is 57.3 Å². The molecule has 0 bridgehead atoms. The van der Waals surface area contributed by atoms with Crippen LogP contribution in [0.25, 0.3) is 0 Å². The first-order chi connectivity index (χ1) is 5.73. The van der Waals surface area contributed by atoms with Crippen molar-refractivity contribution in [2.24, 2.45) is 5.41 Å². The lowest BCUT2D eigenvalue weighted by molar-refractivity contribution is 0.0484. The molecule has 1 aliphatic rings. The van der Waals surface area contributed by atoms with E-state index in [1.807, 2.05) is 0 Å². The second kappa shape index (κ2) is 3.23. The molecule has 0 spiro atoms. The lowest BCUT2D eigenvalue weighted by Crippen LogP contribution is -2.53. The molecular formula is C10H23N3. The molecule has 1 aliphatic heterocycles. The van der Waals surface area contributed by atoms with Gasteiger partial charge in [-0.15, -0.1) is 0 Å². The van der Waals surface area contributed by atoms with Crippen molar-refractivity contribution < 1.29 is 0 Å². The van der Waals surface area contributed by atoms with Crippen LogP contribution >= 0.6 is 0 Å². The van der Waals surface area contributed by atoms with Crippen LogP contribution in [0.15, 0.2) is 0 Å². The Labute approximate surface area is 81.8 Å². The van der Waals surface area contributed by atoms with E-state index < -0.39 is 0 Å². The third-order valence-electron chi connectivity index (χ3n) is 2.48. The Morgan fingerprint density at radius 2 is 1.62 bits per heavy atom. The highest BCUT2D eigenvalue weighted by Crippen LogP contribution is 2.28. The minimum atomic E-state index is 0.217. The van der Waals surface area contributed by atoms with Crippen molar-refractivity contribution in [2.45, 2.75) is 53.2 Å². The van der Waals surface area contributed by atoms with Gasteiger partial charge in [-0.25, -0.2) is 10.9 Å². The molecule has 0 radical (unpaired) electrons. The Bertz CT molecular complexity index is 156. The topological polar surface area (TPSA) is 27.3 Å². The van der Waals surface area contributed by atoms with Gasteiger partial charge < -0.3 is 0 Å². The summed E-state index contributed by atoms with van der Waals surface area (Å²) in [6.45, 7) is 14.5. The highest BCUT2D eigenvalue weighted by atomic mass is 15.6. The second-order valence-corrected chi connectivity index (χ2v) is 5.89. The maximum absolute atomic E-state index is 3.33. The molecule has 0 saturated carbocycles. The molecule has 1 atom stereocenters. The number of nitrogens with one attached hydrogen (secondary N) is 2. The molecule has 0 aliphatic carbocycles. The molecule has 3 heteroatoms. The van der Waals surface area contributed by atoms with Crippen LogP contribution in [-0.2, 0) is 0 Å². The van der Waals surface area contributed by atoms with E-state index in [0.29, 0.717) is 6.17 Å². The van der Waals surface area contributed by atoms with Crippen LogP contribution in [0.5, 0.6) is 0 Å². The number of hydrogen-bond acceptors (Lipinski definition) is 3. The molecule has 1 unspecified atom stereocenters.